The minimum atomic E-state index is -4.87. The van der Waals surface area contributed by atoms with Gasteiger partial charge in [0.05, 0.1) is 25.9 Å². The Balaban J connectivity index is 4.56. The van der Waals surface area contributed by atoms with Crippen LogP contribution in [0.4, 0.5) is 0 Å². The third kappa shape index (κ3) is 44.6. The van der Waals surface area contributed by atoms with E-state index in [1.807, 2.05) is 19.1 Å². The number of unbranched alkanes of at least 4 members (excludes halogenated alkanes) is 14. The van der Waals surface area contributed by atoms with Crippen molar-refractivity contribution in [1.82, 2.24) is 0 Å². The van der Waals surface area contributed by atoms with Gasteiger partial charge in [-0.2, -0.15) is 0 Å². The van der Waals surface area contributed by atoms with Gasteiger partial charge < -0.3 is 34.4 Å². The Morgan fingerprint density at radius 1 is 0.516 bits per heavy atom. The van der Waals surface area contributed by atoms with Gasteiger partial charge in [0.2, 0.25) is 0 Å². The van der Waals surface area contributed by atoms with Gasteiger partial charge in [-0.25, -0.2) is 9.13 Å². The molecule has 0 fully saturated rings. The van der Waals surface area contributed by atoms with E-state index in [0.29, 0.717) is 19.3 Å². The summed E-state index contributed by atoms with van der Waals surface area (Å²) in [6.45, 7) is 3.75. The molecule has 0 radical (unpaired) electrons. The SMILES string of the molecule is CC[C@H](O)CC/C=C\C/C=C\C/C=C\C/C=C\CCCC(=O)OC[C@H](COP(=O)(O)OC[C@@H](O)COP(=O)(O)O)OC(=O)CCCCCCCCCCCCCCCCC(C)C. The minimum Gasteiger partial charge on any atom is -0.462 e. The molecule has 0 amide bonds. The number of allylic oxidation sites excluding steroid dienone is 8. The lowest BCUT2D eigenvalue weighted by atomic mass is 10.0. The quantitative estimate of drug-likeness (QED) is 0.0166. The smallest absolute Gasteiger partial charge is 0.462 e. The van der Waals surface area contributed by atoms with Crippen molar-refractivity contribution in [3.8, 4) is 0 Å². The molecule has 0 aliphatic carbocycles. The molecule has 16 heteroatoms. The number of rotatable bonds is 43. The molecule has 0 aromatic carbocycles. The average Bonchev–Trinajstić information content (AvgIpc) is 3.22. The molecule has 14 nitrogen and oxygen atoms in total. The molecule has 0 heterocycles. The lowest BCUT2D eigenvalue weighted by Crippen LogP contribution is -2.30. The van der Waals surface area contributed by atoms with E-state index >= 15 is 0 Å². The Hall–Kier alpha value is -1.96. The van der Waals surface area contributed by atoms with Crippen molar-refractivity contribution in [2.75, 3.05) is 26.4 Å². The predicted molar refractivity (Wildman–Crippen MR) is 245 cm³/mol. The maximum Gasteiger partial charge on any atom is 0.472 e. The monoisotopic (exact) mass is 923 g/mol. The summed E-state index contributed by atoms with van der Waals surface area (Å²) in [6.07, 6.45) is 37.7. The highest BCUT2D eigenvalue weighted by Gasteiger charge is 2.28. The van der Waals surface area contributed by atoms with Gasteiger partial charge in [0.1, 0.15) is 12.7 Å². The van der Waals surface area contributed by atoms with Crippen LogP contribution in [0.5, 0.6) is 0 Å². The molecule has 0 saturated heterocycles. The molecule has 62 heavy (non-hydrogen) atoms. The number of hydrogen-bond acceptors (Lipinski definition) is 11. The molecule has 0 aromatic heterocycles. The highest BCUT2D eigenvalue weighted by atomic mass is 31.2. The van der Waals surface area contributed by atoms with Crippen LogP contribution in [-0.4, -0.2) is 81.6 Å². The minimum absolute atomic E-state index is 0.106. The molecule has 4 atom stereocenters. The van der Waals surface area contributed by atoms with Crippen LogP contribution in [0, 0.1) is 5.92 Å². The van der Waals surface area contributed by atoms with Gasteiger partial charge in [-0.15, -0.1) is 0 Å². The van der Waals surface area contributed by atoms with Crippen molar-refractivity contribution in [2.45, 2.75) is 200 Å². The lowest BCUT2D eigenvalue weighted by molar-refractivity contribution is -0.161. The van der Waals surface area contributed by atoms with Gasteiger partial charge in [-0.1, -0.05) is 159 Å². The Bertz CT molecular complexity index is 1310. The van der Waals surface area contributed by atoms with Crippen molar-refractivity contribution in [1.29, 1.82) is 0 Å². The Kier molecular flexibility index (Phi) is 39.3. The van der Waals surface area contributed by atoms with E-state index in [0.717, 1.165) is 63.7 Å². The molecule has 1 unspecified atom stereocenters. The van der Waals surface area contributed by atoms with Gasteiger partial charge in [0.25, 0.3) is 0 Å². The van der Waals surface area contributed by atoms with Gasteiger partial charge in [-0.05, 0) is 63.7 Å². The first-order chi connectivity index (χ1) is 29.6. The van der Waals surface area contributed by atoms with Gasteiger partial charge >= 0.3 is 27.6 Å². The van der Waals surface area contributed by atoms with E-state index < -0.39 is 66.2 Å². The average molecular weight is 923 g/mol. The number of aliphatic hydroxyl groups excluding tert-OH is 2. The molecule has 0 rings (SSSR count). The molecule has 0 saturated carbocycles. The molecule has 5 N–H and O–H groups in total. The normalized spacial score (nSPS) is 15.0. The Labute approximate surface area is 373 Å². The highest BCUT2D eigenvalue weighted by Crippen LogP contribution is 2.43. The van der Waals surface area contributed by atoms with E-state index in [2.05, 4.69) is 59.4 Å². The van der Waals surface area contributed by atoms with Crippen LogP contribution in [0.3, 0.4) is 0 Å². The number of carbonyl (C=O) groups excluding carboxylic acids is 2. The largest absolute Gasteiger partial charge is 0.472 e. The number of aliphatic hydroxyl groups is 2. The van der Waals surface area contributed by atoms with E-state index in [-0.39, 0.29) is 18.9 Å². The zero-order chi connectivity index (χ0) is 46.2. The van der Waals surface area contributed by atoms with Crippen LogP contribution in [0.15, 0.2) is 48.6 Å². The highest BCUT2D eigenvalue weighted by molar-refractivity contribution is 7.47. The first-order valence-electron chi connectivity index (χ1n) is 23.3. The summed E-state index contributed by atoms with van der Waals surface area (Å²) >= 11 is 0. The number of esters is 2. The maximum atomic E-state index is 12.7. The van der Waals surface area contributed by atoms with Crippen molar-refractivity contribution < 1.29 is 66.7 Å². The molecule has 362 valence electrons. The second-order valence-electron chi connectivity index (χ2n) is 16.3. The number of phosphoric ester groups is 2. The fraction of sp³-hybridized carbons (Fsp3) is 0.783. The predicted octanol–water partition coefficient (Wildman–Crippen LogP) is 11.1. The number of hydrogen-bond donors (Lipinski definition) is 5. The third-order valence-corrected chi connectivity index (χ3v) is 11.2. The number of ether oxygens (including phenoxy) is 2. The summed E-state index contributed by atoms with van der Waals surface area (Å²) in [5.74, 6) is -0.309. The standard InChI is InChI=1S/C46H84O14P2/c1-4-42(47)34-30-26-22-18-14-10-6-8-11-15-19-23-27-31-35-45(49)56-39-44(40-59-62(54,55)58-38-43(48)37-57-61(51,52)53)60-46(50)36-32-28-24-20-16-12-7-5-9-13-17-21-25-29-33-41(2)3/h8,10-11,14,19,22-23,26,41-44,47-48H,4-7,9,12-13,15-18,20-21,24-25,27-40H2,1-3H3,(H,54,55)(H2,51,52,53)/b11-8-,14-10-,23-19-,26-22-/t42-,43-,44+/m0/s1. The van der Waals surface area contributed by atoms with Crippen molar-refractivity contribution in [3.05, 3.63) is 48.6 Å². The molecule has 0 aliphatic rings. The van der Waals surface area contributed by atoms with E-state index in [1.165, 1.54) is 70.6 Å². The summed E-state index contributed by atoms with van der Waals surface area (Å²) in [7, 11) is -9.70. The molecule has 0 aromatic rings. The van der Waals surface area contributed by atoms with Crippen LogP contribution in [-0.2, 0) is 41.8 Å². The number of carbonyl (C=O) groups is 2. The van der Waals surface area contributed by atoms with Crippen molar-refractivity contribution in [2.24, 2.45) is 5.92 Å². The summed E-state index contributed by atoms with van der Waals surface area (Å²) in [4.78, 5) is 52.8. The zero-order valence-corrected chi connectivity index (χ0v) is 40.0. The third-order valence-electron chi connectivity index (χ3n) is 9.80. The van der Waals surface area contributed by atoms with Crippen LogP contribution < -0.4 is 0 Å². The summed E-state index contributed by atoms with van der Waals surface area (Å²) < 4.78 is 47.8. The second kappa shape index (κ2) is 40.5. The van der Waals surface area contributed by atoms with Crippen LogP contribution >= 0.6 is 15.6 Å². The maximum absolute atomic E-state index is 12.7. The van der Waals surface area contributed by atoms with E-state index in [4.69, 9.17) is 23.8 Å². The van der Waals surface area contributed by atoms with Crippen LogP contribution in [0.2, 0.25) is 0 Å². The topological polar surface area (TPSA) is 216 Å². The summed E-state index contributed by atoms with van der Waals surface area (Å²) in [5, 5.41) is 19.3. The fourth-order valence-corrected chi connectivity index (χ4v) is 7.25. The van der Waals surface area contributed by atoms with E-state index in [9.17, 15) is 33.8 Å². The Morgan fingerprint density at radius 3 is 1.48 bits per heavy atom. The molecule has 0 aliphatic heterocycles. The van der Waals surface area contributed by atoms with Gasteiger partial charge in [0, 0.05) is 12.8 Å². The molecule has 0 spiro atoms. The van der Waals surface area contributed by atoms with Crippen LogP contribution in [0.25, 0.3) is 0 Å². The van der Waals surface area contributed by atoms with Gasteiger partial charge in [0.15, 0.2) is 6.10 Å². The molecular weight excluding hydrogens is 838 g/mol. The van der Waals surface area contributed by atoms with Crippen molar-refractivity contribution in [3.63, 3.8) is 0 Å². The zero-order valence-electron chi connectivity index (χ0n) is 38.2. The first kappa shape index (κ1) is 60.0. The fourth-order valence-electron chi connectivity index (χ4n) is 6.09. The van der Waals surface area contributed by atoms with Gasteiger partial charge in [-0.3, -0.25) is 23.2 Å². The first-order valence-corrected chi connectivity index (χ1v) is 26.3. The van der Waals surface area contributed by atoms with E-state index in [1.54, 1.807) is 0 Å². The Morgan fingerprint density at radius 2 is 0.968 bits per heavy atom. The molecule has 0 bridgehead atoms. The van der Waals surface area contributed by atoms with Crippen LogP contribution in [0.1, 0.15) is 181 Å². The second-order valence-corrected chi connectivity index (χ2v) is 19.0. The summed E-state index contributed by atoms with van der Waals surface area (Å²) in [6, 6.07) is 0. The lowest BCUT2D eigenvalue weighted by Gasteiger charge is -2.20. The number of phosphoric acid groups is 2. The van der Waals surface area contributed by atoms with Crippen molar-refractivity contribution >= 4 is 27.6 Å². The summed E-state index contributed by atoms with van der Waals surface area (Å²) in [5.41, 5.74) is 0. The molecular formula is C46H84O14P2.